The van der Waals surface area contributed by atoms with E-state index in [1.807, 2.05) is 46.8 Å². The van der Waals surface area contributed by atoms with E-state index in [-0.39, 0.29) is 5.78 Å². The molecule has 6 heteroatoms. The van der Waals surface area contributed by atoms with Gasteiger partial charge in [0.15, 0.2) is 11.4 Å². The highest BCUT2D eigenvalue weighted by atomic mass is 16.6. The van der Waals surface area contributed by atoms with Crippen molar-refractivity contribution in [2.75, 3.05) is 0 Å². The van der Waals surface area contributed by atoms with E-state index in [0.717, 1.165) is 16.7 Å². The topological polar surface area (TPSA) is 82.0 Å². The van der Waals surface area contributed by atoms with Gasteiger partial charge in [0.2, 0.25) is 0 Å². The fourth-order valence-electron chi connectivity index (χ4n) is 3.45. The van der Waals surface area contributed by atoms with Gasteiger partial charge < -0.3 is 9.47 Å². The van der Waals surface area contributed by atoms with Crippen LogP contribution in [0, 0.1) is 32.6 Å². The first-order valence-electron chi connectivity index (χ1n) is 10.9. The Labute approximate surface area is 196 Å². The van der Waals surface area contributed by atoms with Crippen LogP contribution < -0.4 is 4.74 Å². The molecule has 0 unspecified atom stereocenters. The van der Waals surface area contributed by atoms with Crippen LogP contribution in [0.1, 0.15) is 72.8 Å². The number of nitroso groups, excluding NO2 is 1. The first-order valence-corrected chi connectivity index (χ1v) is 10.9. The number of carbonyl (C=O) groups is 2. The molecular formula is C27H33NO5. The highest BCUT2D eigenvalue weighted by Gasteiger charge is 2.35. The van der Waals surface area contributed by atoms with Crippen LogP contribution in [0.4, 0.5) is 5.69 Å². The number of benzene rings is 2. The van der Waals surface area contributed by atoms with Gasteiger partial charge in [-0.15, -0.1) is 4.91 Å². The largest absolute Gasteiger partial charge is 0.476 e. The number of esters is 1. The summed E-state index contributed by atoms with van der Waals surface area (Å²) in [6.45, 7) is 16.1. The van der Waals surface area contributed by atoms with E-state index in [1.165, 1.54) is 6.08 Å². The second-order valence-electron chi connectivity index (χ2n) is 9.85. The summed E-state index contributed by atoms with van der Waals surface area (Å²) in [7, 11) is 0. The zero-order chi connectivity index (χ0) is 25.1. The third-order valence-electron chi connectivity index (χ3n) is 5.02. The van der Waals surface area contributed by atoms with Gasteiger partial charge in [0, 0.05) is 5.56 Å². The minimum Gasteiger partial charge on any atom is -0.476 e. The molecule has 33 heavy (non-hydrogen) atoms. The van der Waals surface area contributed by atoms with Crippen molar-refractivity contribution < 1.29 is 19.1 Å². The molecule has 0 aliphatic rings. The van der Waals surface area contributed by atoms with Gasteiger partial charge in [0.05, 0.1) is 0 Å². The fourth-order valence-corrected chi connectivity index (χ4v) is 3.45. The maximum absolute atomic E-state index is 12.7. The summed E-state index contributed by atoms with van der Waals surface area (Å²) in [4.78, 5) is 36.2. The van der Waals surface area contributed by atoms with E-state index < -0.39 is 17.2 Å². The van der Waals surface area contributed by atoms with Crippen molar-refractivity contribution in [2.45, 2.75) is 73.5 Å². The Morgan fingerprint density at radius 1 is 0.848 bits per heavy atom. The van der Waals surface area contributed by atoms with Gasteiger partial charge in [-0.2, -0.15) is 0 Å². The molecule has 6 nitrogen and oxygen atoms in total. The lowest BCUT2D eigenvalue weighted by Gasteiger charge is -2.30. The summed E-state index contributed by atoms with van der Waals surface area (Å²) < 4.78 is 11.5. The summed E-state index contributed by atoms with van der Waals surface area (Å²) in [6.07, 6.45) is 3.24. The number of hydrogen-bond donors (Lipinski definition) is 0. The van der Waals surface area contributed by atoms with Crippen molar-refractivity contribution >= 4 is 23.5 Å². The lowest BCUT2D eigenvalue weighted by Crippen LogP contribution is -2.43. The zero-order valence-electron chi connectivity index (χ0n) is 21.0. The van der Waals surface area contributed by atoms with Gasteiger partial charge in [-0.05, 0) is 126 Å². The quantitative estimate of drug-likeness (QED) is 0.202. The molecule has 0 aromatic heterocycles. The molecule has 0 heterocycles. The molecule has 0 saturated heterocycles. The number of carbonyl (C=O) groups excluding carboxylic acids is 2. The van der Waals surface area contributed by atoms with Gasteiger partial charge in [-0.1, -0.05) is 6.08 Å². The number of ketones is 1. The Morgan fingerprint density at radius 2 is 1.36 bits per heavy atom. The van der Waals surface area contributed by atoms with Crippen LogP contribution in [-0.2, 0) is 9.53 Å². The minimum atomic E-state index is -1.16. The Kier molecular flexibility index (Phi) is 7.63. The molecule has 0 fully saturated rings. The van der Waals surface area contributed by atoms with E-state index in [4.69, 9.17) is 9.47 Å². The highest BCUT2D eigenvalue weighted by Crippen LogP contribution is 2.30. The summed E-state index contributed by atoms with van der Waals surface area (Å²) in [5, 5.41) is 3.02. The average Bonchev–Trinajstić information content (AvgIpc) is 2.67. The smallest absolute Gasteiger partial charge is 0.350 e. The fraction of sp³-hybridized carbons (Fsp3) is 0.407. The predicted molar refractivity (Wildman–Crippen MR) is 131 cm³/mol. The molecule has 2 aromatic carbocycles. The number of hydrogen-bond acceptors (Lipinski definition) is 6. The average molecular weight is 452 g/mol. The molecule has 2 rings (SSSR count). The lowest BCUT2D eigenvalue weighted by molar-refractivity contribution is -0.171. The standard InChI is InChI=1S/C27H33NO5/c1-16-14-21(15-17(2)23(16)28-31)22(29)11-10-20-12-18(3)24(19(4)13-20)32-27(8,9)25(30)33-26(5,6)7/h10-15H,1-9H3/b11-10+. The van der Waals surface area contributed by atoms with Gasteiger partial charge in [0.25, 0.3) is 0 Å². The van der Waals surface area contributed by atoms with E-state index >= 15 is 0 Å². The summed E-state index contributed by atoms with van der Waals surface area (Å²) in [5.41, 5.74) is 2.95. The third-order valence-corrected chi connectivity index (χ3v) is 5.02. The Hall–Kier alpha value is -3.28. The van der Waals surface area contributed by atoms with E-state index in [0.29, 0.717) is 28.1 Å². The molecule has 2 aromatic rings. The predicted octanol–water partition coefficient (Wildman–Crippen LogP) is 6.71. The first kappa shape index (κ1) is 26.0. The second-order valence-corrected chi connectivity index (χ2v) is 9.85. The van der Waals surface area contributed by atoms with Crippen molar-refractivity contribution in [1.29, 1.82) is 0 Å². The van der Waals surface area contributed by atoms with Crippen LogP contribution in [0.2, 0.25) is 0 Å². The van der Waals surface area contributed by atoms with Crippen molar-refractivity contribution in [1.82, 2.24) is 0 Å². The monoisotopic (exact) mass is 451 g/mol. The van der Waals surface area contributed by atoms with Crippen LogP contribution in [0.3, 0.4) is 0 Å². The summed E-state index contributed by atoms with van der Waals surface area (Å²) >= 11 is 0. The highest BCUT2D eigenvalue weighted by molar-refractivity contribution is 6.07. The molecule has 0 aliphatic heterocycles. The number of ether oxygens (including phenoxy) is 2. The van der Waals surface area contributed by atoms with Gasteiger partial charge >= 0.3 is 5.97 Å². The molecule has 0 bridgehead atoms. The third kappa shape index (κ3) is 6.60. The molecule has 0 amide bonds. The van der Waals surface area contributed by atoms with Gasteiger partial charge in [0.1, 0.15) is 17.0 Å². The molecule has 0 spiro atoms. The number of nitrogens with zero attached hydrogens (tertiary/aromatic N) is 1. The molecule has 0 atom stereocenters. The van der Waals surface area contributed by atoms with E-state index in [9.17, 15) is 14.5 Å². The number of rotatable bonds is 7. The minimum absolute atomic E-state index is 0.166. The molecular weight excluding hydrogens is 418 g/mol. The van der Waals surface area contributed by atoms with Crippen LogP contribution in [0.5, 0.6) is 5.75 Å². The molecule has 176 valence electrons. The SMILES string of the molecule is Cc1cc(C(=O)/C=C/c2cc(C)c(OC(C)(C)C(=O)OC(C)(C)C)c(C)c2)cc(C)c1N=O. The van der Waals surface area contributed by atoms with Crippen molar-refractivity contribution in [3.8, 4) is 5.75 Å². The zero-order valence-corrected chi connectivity index (χ0v) is 21.0. The Bertz CT molecular complexity index is 1070. The van der Waals surface area contributed by atoms with Crippen LogP contribution in [0.15, 0.2) is 35.5 Å². The normalized spacial score (nSPS) is 12.0. The van der Waals surface area contributed by atoms with Crippen molar-refractivity contribution in [2.24, 2.45) is 5.18 Å². The molecule has 0 saturated carbocycles. The molecule has 0 N–H and O–H groups in total. The van der Waals surface area contributed by atoms with E-state index in [2.05, 4.69) is 5.18 Å². The summed E-state index contributed by atoms with van der Waals surface area (Å²) in [6, 6.07) is 7.13. The maximum Gasteiger partial charge on any atom is 0.350 e. The molecule has 0 radical (unpaired) electrons. The van der Waals surface area contributed by atoms with Crippen LogP contribution in [0.25, 0.3) is 6.08 Å². The van der Waals surface area contributed by atoms with Crippen molar-refractivity contribution in [3.05, 3.63) is 68.6 Å². The number of aryl methyl sites for hydroxylation is 4. The van der Waals surface area contributed by atoms with Crippen LogP contribution >= 0.6 is 0 Å². The van der Waals surface area contributed by atoms with Crippen LogP contribution in [-0.4, -0.2) is 23.0 Å². The Balaban J connectivity index is 2.25. The molecule has 0 aliphatic carbocycles. The van der Waals surface area contributed by atoms with E-state index in [1.54, 1.807) is 45.9 Å². The van der Waals surface area contributed by atoms with Gasteiger partial charge in [-0.25, -0.2) is 4.79 Å². The van der Waals surface area contributed by atoms with Gasteiger partial charge in [-0.3, -0.25) is 4.79 Å². The lowest BCUT2D eigenvalue weighted by atomic mass is 10.0. The first-order chi connectivity index (χ1) is 15.1. The Morgan fingerprint density at radius 3 is 1.82 bits per heavy atom. The number of allylic oxidation sites excluding steroid dienone is 1. The maximum atomic E-state index is 12.7. The summed E-state index contributed by atoms with van der Waals surface area (Å²) in [5.74, 6) is 0.00244. The van der Waals surface area contributed by atoms with Crippen molar-refractivity contribution in [3.63, 3.8) is 0 Å². The second kappa shape index (κ2) is 9.69.